The standard InChI is InChI=1S/C20H20N2O5/c1-2-25-15-6-4-14(5-7-15)22-19(23)10-16(20(22)24)21-11-13-3-8-17-18(9-13)27-12-26-17/h3-9,16,21H,2,10-12H2,1H3/t16-/m0/s1. The van der Waals surface area contributed by atoms with Crippen molar-refractivity contribution in [3.05, 3.63) is 48.0 Å². The smallest absolute Gasteiger partial charge is 0.251 e. The van der Waals surface area contributed by atoms with Crippen LogP contribution in [0.2, 0.25) is 0 Å². The lowest BCUT2D eigenvalue weighted by atomic mass is 10.1. The molecule has 0 aliphatic carbocycles. The Balaban J connectivity index is 1.41. The quantitative estimate of drug-likeness (QED) is 0.788. The monoisotopic (exact) mass is 368 g/mol. The first-order chi connectivity index (χ1) is 13.2. The molecule has 2 aliphatic heterocycles. The molecule has 7 heteroatoms. The number of carbonyl (C=O) groups excluding carboxylic acids is 2. The van der Waals surface area contributed by atoms with Crippen LogP contribution in [-0.2, 0) is 16.1 Å². The van der Waals surface area contributed by atoms with Crippen molar-refractivity contribution in [3.63, 3.8) is 0 Å². The van der Waals surface area contributed by atoms with Crippen molar-refractivity contribution >= 4 is 17.5 Å². The number of anilines is 1. The summed E-state index contributed by atoms with van der Waals surface area (Å²) < 4.78 is 16.1. The van der Waals surface area contributed by atoms with Crippen molar-refractivity contribution in [1.29, 1.82) is 0 Å². The lowest BCUT2D eigenvalue weighted by Gasteiger charge is -2.16. The summed E-state index contributed by atoms with van der Waals surface area (Å²) in [6.45, 7) is 3.14. The zero-order valence-corrected chi connectivity index (χ0v) is 14.9. The molecule has 2 aromatic carbocycles. The number of carbonyl (C=O) groups is 2. The molecule has 2 aromatic rings. The van der Waals surface area contributed by atoms with E-state index in [0.717, 1.165) is 5.56 Å². The number of amides is 2. The minimum Gasteiger partial charge on any atom is -0.494 e. The van der Waals surface area contributed by atoms with Gasteiger partial charge in [-0.25, -0.2) is 4.90 Å². The van der Waals surface area contributed by atoms with Crippen molar-refractivity contribution in [2.24, 2.45) is 0 Å². The average Bonchev–Trinajstić information content (AvgIpc) is 3.25. The predicted molar refractivity (Wildman–Crippen MR) is 97.9 cm³/mol. The van der Waals surface area contributed by atoms with E-state index in [-0.39, 0.29) is 25.0 Å². The van der Waals surface area contributed by atoms with Gasteiger partial charge in [0.1, 0.15) is 5.75 Å². The second kappa shape index (κ2) is 7.28. The molecular weight excluding hydrogens is 348 g/mol. The SMILES string of the molecule is CCOc1ccc(N2C(=O)C[C@H](NCc3ccc4c(c3)OCO4)C2=O)cc1. The van der Waals surface area contributed by atoms with Gasteiger partial charge in [0, 0.05) is 6.54 Å². The Bertz CT molecular complexity index is 865. The van der Waals surface area contributed by atoms with Gasteiger partial charge in [-0.2, -0.15) is 0 Å². The zero-order valence-electron chi connectivity index (χ0n) is 14.9. The fourth-order valence-electron chi connectivity index (χ4n) is 3.21. The van der Waals surface area contributed by atoms with Crippen molar-refractivity contribution in [1.82, 2.24) is 5.32 Å². The van der Waals surface area contributed by atoms with Gasteiger partial charge >= 0.3 is 0 Å². The predicted octanol–water partition coefficient (Wildman–Crippen LogP) is 2.24. The average molecular weight is 368 g/mol. The minimum atomic E-state index is -0.547. The van der Waals surface area contributed by atoms with Crippen LogP contribution in [0.4, 0.5) is 5.69 Å². The molecular formula is C20H20N2O5. The second-order valence-electron chi connectivity index (χ2n) is 6.32. The van der Waals surface area contributed by atoms with Crippen LogP contribution in [-0.4, -0.2) is 31.3 Å². The molecule has 0 unspecified atom stereocenters. The number of nitrogens with one attached hydrogen (secondary N) is 1. The van der Waals surface area contributed by atoms with Crippen LogP contribution in [0.15, 0.2) is 42.5 Å². The first-order valence-corrected chi connectivity index (χ1v) is 8.87. The third-order valence-electron chi connectivity index (χ3n) is 4.54. The van der Waals surface area contributed by atoms with Gasteiger partial charge in [0.15, 0.2) is 11.5 Å². The van der Waals surface area contributed by atoms with Gasteiger partial charge in [-0.05, 0) is 48.9 Å². The maximum absolute atomic E-state index is 12.7. The third kappa shape index (κ3) is 3.46. The summed E-state index contributed by atoms with van der Waals surface area (Å²) >= 11 is 0. The maximum atomic E-state index is 12.7. The van der Waals surface area contributed by atoms with Crippen LogP contribution in [0.3, 0.4) is 0 Å². The van der Waals surface area contributed by atoms with E-state index in [0.29, 0.717) is 36.1 Å². The van der Waals surface area contributed by atoms with Gasteiger partial charge in [-0.3, -0.25) is 9.59 Å². The molecule has 0 spiro atoms. The Morgan fingerprint density at radius 1 is 1.11 bits per heavy atom. The first kappa shape index (κ1) is 17.4. The van der Waals surface area contributed by atoms with E-state index in [1.165, 1.54) is 4.90 Å². The molecule has 1 atom stereocenters. The lowest BCUT2D eigenvalue weighted by molar-refractivity contribution is -0.121. The van der Waals surface area contributed by atoms with Crippen LogP contribution in [0.5, 0.6) is 17.2 Å². The van der Waals surface area contributed by atoms with Gasteiger partial charge in [-0.1, -0.05) is 6.07 Å². The highest BCUT2D eigenvalue weighted by Crippen LogP contribution is 2.32. The molecule has 0 saturated carbocycles. The largest absolute Gasteiger partial charge is 0.494 e. The highest BCUT2D eigenvalue weighted by Gasteiger charge is 2.39. The number of fused-ring (bicyclic) bond motifs is 1. The number of hydrogen-bond donors (Lipinski definition) is 1. The first-order valence-electron chi connectivity index (χ1n) is 8.87. The van der Waals surface area contributed by atoms with Gasteiger partial charge in [0.05, 0.1) is 24.8 Å². The highest BCUT2D eigenvalue weighted by molar-refractivity contribution is 6.22. The molecule has 1 N–H and O–H groups in total. The molecule has 27 heavy (non-hydrogen) atoms. The van der Waals surface area contributed by atoms with Crippen LogP contribution >= 0.6 is 0 Å². The summed E-state index contributed by atoms with van der Waals surface area (Å²) in [4.78, 5) is 26.3. The van der Waals surface area contributed by atoms with Gasteiger partial charge in [0.25, 0.3) is 5.91 Å². The number of ether oxygens (including phenoxy) is 3. The van der Waals surface area contributed by atoms with E-state index >= 15 is 0 Å². The van der Waals surface area contributed by atoms with Crippen molar-refractivity contribution in [2.75, 3.05) is 18.3 Å². The molecule has 0 aromatic heterocycles. The number of imide groups is 1. The Labute approximate surface area is 156 Å². The van der Waals surface area contributed by atoms with Gasteiger partial charge < -0.3 is 19.5 Å². The van der Waals surface area contributed by atoms with E-state index < -0.39 is 6.04 Å². The summed E-state index contributed by atoms with van der Waals surface area (Å²) in [6.07, 6.45) is 0.136. The third-order valence-corrected chi connectivity index (χ3v) is 4.54. The van der Waals surface area contributed by atoms with Gasteiger partial charge in [-0.15, -0.1) is 0 Å². The summed E-state index contributed by atoms with van der Waals surface area (Å²) in [5, 5.41) is 3.17. The molecule has 7 nitrogen and oxygen atoms in total. The zero-order chi connectivity index (χ0) is 18.8. The summed E-state index contributed by atoms with van der Waals surface area (Å²) in [5.74, 6) is 1.65. The Hall–Kier alpha value is -3.06. The second-order valence-corrected chi connectivity index (χ2v) is 6.32. The van der Waals surface area contributed by atoms with Crippen LogP contribution in [0.1, 0.15) is 18.9 Å². The summed E-state index contributed by atoms with van der Waals surface area (Å²) in [5.41, 5.74) is 1.51. The summed E-state index contributed by atoms with van der Waals surface area (Å²) in [6, 6.07) is 12.0. The molecule has 1 fully saturated rings. The molecule has 0 bridgehead atoms. The fourth-order valence-corrected chi connectivity index (χ4v) is 3.21. The molecule has 2 aliphatic rings. The maximum Gasteiger partial charge on any atom is 0.251 e. The van der Waals surface area contributed by atoms with Crippen LogP contribution < -0.4 is 24.4 Å². The van der Waals surface area contributed by atoms with E-state index in [1.807, 2.05) is 25.1 Å². The Morgan fingerprint density at radius 3 is 2.67 bits per heavy atom. The molecule has 0 radical (unpaired) electrons. The van der Waals surface area contributed by atoms with Crippen molar-refractivity contribution in [3.8, 4) is 17.2 Å². The van der Waals surface area contributed by atoms with E-state index in [1.54, 1.807) is 24.3 Å². The normalized spacial score (nSPS) is 18.3. The van der Waals surface area contributed by atoms with E-state index in [4.69, 9.17) is 14.2 Å². The minimum absolute atomic E-state index is 0.136. The van der Waals surface area contributed by atoms with Crippen molar-refractivity contribution < 1.29 is 23.8 Å². The van der Waals surface area contributed by atoms with E-state index in [2.05, 4.69) is 5.32 Å². The van der Waals surface area contributed by atoms with Crippen LogP contribution in [0.25, 0.3) is 0 Å². The topological polar surface area (TPSA) is 77.1 Å². The lowest BCUT2D eigenvalue weighted by Crippen LogP contribution is -2.38. The number of benzene rings is 2. The fraction of sp³-hybridized carbons (Fsp3) is 0.300. The van der Waals surface area contributed by atoms with E-state index in [9.17, 15) is 9.59 Å². The number of hydrogen-bond acceptors (Lipinski definition) is 6. The molecule has 1 saturated heterocycles. The van der Waals surface area contributed by atoms with Crippen molar-refractivity contribution in [2.45, 2.75) is 25.9 Å². The number of nitrogens with zero attached hydrogens (tertiary/aromatic N) is 1. The highest BCUT2D eigenvalue weighted by atomic mass is 16.7. The van der Waals surface area contributed by atoms with Gasteiger partial charge in [0.2, 0.25) is 12.7 Å². The van der Waals surface area contributed by atoms with Crippen LogP contribution in [0, 0.1) is 0 Å². The Kier molecular flexibility index (Phi) is 4.68. The summed E-state index contributed by atoms with van der Waals surface area (Å²) in [7, 11) is 0. The molecule has 4 rings (SSSR count). The molecule has 2 amide bonds. The Morgan fingerprint density at radius 2 is 1.89 bits per heavy atom. The molecule has 140 valence electrons. The molecule has 2 heterocycles. The number of rotatable bonds is 6.